The van der Waals surface area contributed by atoms with Gasteiger partial charge in [-0.25, -0.2) is 18.2 Å². The second-order valence-corrected chi connectivity index (χ2v) is 12.5. The molecular weight excluding hydrogens is 588 g/mol. The molecule has 3 heterocycles. The van der Waals surface area contributed by atoms with Crippen LogP contribution < -0.4 is 20.7 Å². The number of ether oxygens (including phenoxy) is 2. The number of hydrogen-bond donors (Lipinski definition) is 1. The number of carbonyl (C=O) groups is 2. The summed E-state index contributed by atoms with van der Waals surface area (Å²) < 4.78 is 44.1. The van der Waals surface area contributed by atoms with Gasteiger partial charge in [0.25, 0.3) is 5.56 Å². The number of hydrogen-bond acceptors (Lipinski definition) is 11. The van der Waals surface area contributed by atoms with E-state index in [9.17, 15) is 27.6 Å². The first-order valence-corrected chi connectivity index (χ1v) is 15.6. The summed E-state index contributed by atoms with van der Waals surface area (Å²) in [4.78, 5) is 58.1. The van der Waals surface area contributed by atoms with Crippen molar-refractivity contribution in [2.75, 3.05) is 13.4 Å². The Kier molecular flexibility index (Phi) is 9.01. The number of benzene rings is 1. The fourth-order valence-corrected chi connectivity index (χ4v) is 6.18. The van der Waals surface area contributed by atoms with E-state index in [4.69, 9.17) is 13.9 Å². The van der Waals surface area contributed by atoms with Gasteiger partial charge in [-0.3, -0.25) is 28.2 Å². The highest BCUT2D eigenvalue weighted by Gasteiger charge is 2.29. The molecule has 0 aliphatic carbocycles. The highest BCUT2D eigenvalue weighted by molar-refractivity contribution is 7.89. The molecule has 42 heavy (non-hydrogen) atoms. The Morgan fingerprint density at radius 2 is 1.88 bits per heavy atom. The van der Waals surface area contributed by atoms with Crippen molar-refractivity contribution in [2.45, 2.75) is 46.4 Å². The highest BCUT2D eigenvalue weighted by atomic mass is 32.2. The molecule has 13 nitrogen and oxygen atoms in total. The van der Waals surface area contributed by atoms with Gasteiger partial charge in [0.15, 0.2) is 0 Å². The Bertz CT molecular complexity index is 1850. The molecular formula is C27H30N4O9S2. The van der Waals surface area contributed by atoms with Gasteiger partial charge in [-0.1, -0.05) is 32.0 Å². The molecule has 4 rings (SSSR count). The largest absolute Gasteiger partial charge is 0.496 e. The molecule has 3 aromatic heterocycles. The summed E-state index contributed by atoms with van der Waals surface area (Å²) in [6, 6.07) is 6.89. The Morgan fingerprint density at radius 1 is 1.17 bits per heavy atom. The topological polar surface area (TPSA) is 169 Å². The molecule has 1 amide bonds. The number of esters is 1. The van der Waals surface area contributed by atoms with Crippen LogP contribution in [0.4, 0.5) is 0 Å². The zero-order valence-electron chi connectivity index (χ0n) is 23.6. The highest BCUT2D eigenvalue weighted by Crippen LogP contribution is 2.36. The third-order valence-corrected chi connectivity index (χ3v) is 8.16. The van der Waals surface area contributed by atoms with Gasteiger partial charge in [-0.2, -0.15) is 0 Å². The number of carbonyl (C=O) groups excluding carboxylic acids is 2. The zero-order chi connectivity index (χ0) is 30.8. The Balaban J connectivity index is 1.96. The van der Waals surface area contributed by atoms with Gasteiger partial charge in [0.2, 0.25) is 21.8 Å². The lowest BCUT2D eigenvalue weighted by Gasteiger charge is -2.22. The number of fused-ring (bicyclic) bond motifs is 1. The summed E-state index contributed by atoms with van der Waals surface area (Å²) in [6.45, 7) is 4.16. The molecule has 0 radical (unpaired) electrons. The molecule has 4 aromatic rings. The molecule has 1 unspecified atom stereocenters. The zero-order valence-corrected chi connectivity index (χ0v) is 25.2. The molecule has 1 N–H and O–H groups in total. The quantitative estimate of drug-likeness (QED) is 0.247. The van der Waals surface area contributed by atoms with E-state index in [1.54, 1.807) is 38.1 Å². The Hall–Kier alpha value is -4.24. The van der Waals surface area contributed by atoms with E-state index in [2.05, 4.69) is 4.98 Å². The van der Waals surface area contributed by atoms with Gasteiger partial charge in [-0.05, 0) is 13.0 Å². The number of para-hydroxylation sites is 1. The van der Waals surface area contributed by atoms with Crippen molar-refractivity contribution in [3.8, 4) is 17.2 Å². The number of nitrogens with zero attached hydrogens (tertiary/aromatic N) is 3. The van der Waals surface area contributed by atoms with Crippen molar-refractivity contribution < 1.29 is 31.9 Å². The molecule has 0 bridgehead atoms. The summed E-state index contributed by atoms with van der Waals surface area (Å²) in [5, 5.41) is 0.121. The maximum absolute atomic E-state index is 14.0. The van der Waals surface area contributed by atoms with Crippen molar-refractivity contribution in [1.82, 2.24) is 18.8 Å². The fraction of sp³-hybridized carbons (Fsp3) is 0.370. The predicted molar refractivity (Wildman–Crippen MR) is 155 cm³/mol. The fourth-order valence-electron chi connectivity index (χ4n) is 4.48. The third-order valence-electron chi connectivity index (χ3n) is 6.46. The van der Waals surface area contributed by atoms with Gasteiger partial charge in [-0.15, -0.1) is 11.3 Å². The summed E-state index contributed by atoms with van der Waals surface area (Å²) in [6.07, 6.45) is 2.70. The first kappa shape index (κ1) is 30.7. The minimum absolute atomic E-state index is 0.0782. The van der Waals surface area contributed by atoms with Gasteiger partial charge in [0.1, 0.15) is 22.9 Å². The second-order valence-electron chi connectivity index (χ2n) is 9.57. The minimum atomic E-state index is -3.87. The summed E-state index contributed by atoms with van der Waals surface area (Å²) >= 11 is 1.16. The van der Waals surface area contributed by atoms with E-state index in [0.29, 0.717) is 21.8 Å². The average molecular weight is 619 g/mol. The van der Waals surface area contributed by atoms with E-state index < -0.39 is 51.7 Å². The van der Waals surface area contributed by atoms with Crippen molar-refractivity contribution in [1.29, 1.82) is 0 Å². The first-order valence-electron chi connectivity index (χ1n) is 12.9. The van der Waals surface area contributed by atoms with E-state index >= 15 is 0 Å². The minimum Gasteiger partial charge on any atom is -0.496 e. The van der Waals surface area contributed by atoms with Crippen LogP contribution in [0, 0.1) is 12.8 Å². The smallest absolute Gasteiger partial charge is 0.332 e. The number of rotatable bonds is 11. The molecule has 0 saturated heterocycles. The van der Waals surface area contributed by atoms with Crippen molar-refractivity contribution in [2.24, 2.45) is 5.92 Å². The Labute approximate surface area is 244 Å². The van der Waals surface area contributed by atoms with Gasteiger partial charge < -0.3 is 13.9 Å². The van der Waals surface area contributed by atoms with Crippen LogP contribution in [0.15, 0.2) is 50.7 Å². The van der Waals surface area contributed by atoms with Crippen LogP contribution >= 0.6 is 11.3 Å². The maximum Gasteiger partial charge on any atom is 0.332 e. The summed E-state index contributed by atoms with van der Waals surface area (Å²) in [7, 11) is -2.41. The molecule has 1 aromatic carbocycles. The van der Waals surface area contributed by atoms with Crippen LogP contribution in [0.5, 0.6) is 5.75 Å². The maximum atomic E-state index is 14.0. The molecule has 224 valence electrons. The number of methoxy groups -OCH3 is 1. The van der Waals surface area contributed by atoms with Crippen molar-refractivity contribution >= 4 is 43.5 Å². The van der Waals surface area contributed by atoms with Crippen LogP contribution in [0.25, 0.3) is 21.7 Å². The number of aryl methyl sites for hydroxylation is 1. The molecule has 0 fully saturated rings. The molecule has 15 heteroatoms. The summed E-state index contributed by atoms with van der Waals surface area (Å²) in [5.74, 6) is -1.89. The molecule has 2 atom stereocenters. The number of sulfonamides is 1. The van der Waals surface area contributed by atoms with Gasteiger partial charge >= 0.3 is 11.7 Å². The lowest BCUT2D eigenvalue weighted by molar-refractivity contribution is -0.149. The molecule has 0 saturated carbocycles. The van der Waals surface area contributed by atoms with Crippen LogP contribution in [-0.4, -0.2) is 47.8 Å². The lowest BCUT2D eigenvalue weighted by Crippen LogP contribution is -2.44. The number of oxazole rings is 1. The van der Waals surface area contributed by atoms with E-state index in [0.717, 1.165) is 22.2 Å². The Morgan fingerprint density at radius 3 is 2.50 bits per heavy atom. The molecule has 0 aliphatic heterocycles. The predicted octanol–water partition coefficient (Wildman–Crippen LogP) is 2.60. The van der Waals surface area contributed by atoms with Gasteiger partial charge in [0.05, 0.1) is 43.0 Å². The van der Waals surface area contributed by atoms with E-state index in [1.165, 1.54) is 31.1 Å². The lowest BCUT2D eigenvalue weighted by atomic mass is 10.1. The van der Waals surface area contributed by atoms with Crippen LogP contribution in [0.3, 0.4) is 0 Å². The van der Waals surface area contributed by atoms with Gasteiger partial charge in [0, 0.05) is 23.4 Å². The normalized spacial score (nSPS) is 13.1. The van der Waals surface area contributed by atoms with Crippen LogP contribution in [0.1, 0.15) is 36.8 Å². The van der Waals surface area contributed by atoms with Crippen LogP contribution in [-0.2, 0) is 37.4 Å². The molecule has 0 aliphatic rings. The first-order chi connectivity index (χ1) is 19.9. The SMILES string of the molecule is CCC(=O)O[C@@H](Cn1c(=O)n(CC(C)C(=O)NS(C)(=O)=O)c(=O)c2c(-c3ncco3)c(C)sc21)c1ccccc1OC. The van der Waals surface area contributed by atoms with Crippen molar-refractivity contribution in [3.63, 3.8) is 0 Å². The van der Waals surface area contributed by atoms with E-state index in [1.807, 2.05) is 4.72 Å². The van der Waals surface area contributed by atoms with Crippen molar-refractivity contribution in [3.05, 3.63) is 68.0 Å². The number of amides is 1. The number of aromatic nitrogens is 3. The third kappa shape index (κ3) is 6.31. The average Bonchev–Trinajstić information content (AvgIpc) is 3.59. The van der Waals surface area contributed by atoms with E-state index in [-0.39, 0.29) is 29.1 Å². The number of thiophene rings is 1. The monoisotopic (exact) mass is 618 g/mol. The standard InChI is InChI=1S/C27H30N4O9S2/c1-6-20(32)40-19(17-9-7-8-10-18(17)38-4)14-31-26-22(21(16(3)41-26)24-28-11-12-39-24)25(34)30(27(31)35)13-15(2)23(33)29-42(5,36)37/h7-12,15,19H,6,13-14H2,1-5H3,(H,29,33)/t15?,19-/m0/s1. The summed E-state index contributed by atoms with van der Waals surface area (Å²) in [5.41, 5.74) is -0.608. The molecule has 0 spiro atoms. The van der Waals surface area contributed by atoms with Crippen LogP contribution in [0.2, 0.25) is 0 Å². The number of nitrogens with one attached hydrogen (secondary N) is 1. The second kappa shape index (κ2) is 12.3.